The van der Waals surface area contributed by atoms with Crippen LogP contribution in [-0.4, -0.2) is 18.1 Å². The van der Waals surface area contributed by atoms with Crippen molar-refractivity contribution in [2.45, 2.75) is 38.9 Å². The summed E-state index contributed by atoms with van der Waals surface area (Å²) in [6, 6.07) is 0. The number of hydrogen-bond acceptors (Lipinski definition) is 2. The lowest BCUT2D eigenvalue weighted by atomic mass is 9.82. The van der Waals surface area contributed by atoms with Crippen molar-refractivity contribution in [3.63, 3.8) is 0 Å². The van der Waals surface area contributed by atoms with Crippen molar-refractivity contribution in [2.75, 3.05) is 0 Å². The minimum atomic E-state index is -0.186. The molecular formula is C8H15NO2. The second kappa shape index (κ2) is 3.22. The van der Waals surface area contributed by atoms with E-state index in [9.17, 15) is 4.79 Å². The van der Waals surface area contributed by atoms with Gasteiger partial charge in [-0.15, -0.1) is 0 Å². The summed E-state index contributed by atoms with van der Waals surface area (Å²) in [7, 11) is 0. The Kier molecular flexibility index (Phi) is 2.49. The van der Waals surface area contributed by atoms with E-state index in [1.165, 1.54) is 0 Å². The van der Waals surface area contributed by atoms with Gasteiger partial charge in [0.15, 0.2) is 0 Å². The fourth-order valence-corrected chi connectivity index (χ4v) is 1.29. The van der Waals surface area contributed by atoms with Crippen LogP contribution in [0.5, 0.6) is 0 Å². The molecule has 1 aliphatic carbocycles. The minimum absolute atomic E-state index is 0.0683. The second-order valence-corrected chi connectivity index (χ2v) is 3.38. The zero-order chi connectivity index (χ0) is 8.43. The lowest BCUT2D eigenvalue weighted by molar-refractivity contribution is -0.133. The van der Waals surface area contributed by atoms with Gasteiger partial charge in [0.05, 0.1) is 12.2 Å². The Balaban J connectivity index is 2.14. The predicted molar refractivity (Wildman–Crippen MR) is 41.9 cm³/mol. The highest BCUT2D eigenvalue weighted by atomic mass is 16.5. The van der Waals surface area contributed by atoms with Gasteiger partial charge in [-0.25, -0.2) is 0 Å². The highest BCUT2D eigenvalue weighted by molar-refractivity contribution is 5.77. The maximum Gasteiger partial charge on any atom is 0.220 e. The summed E-state index contributed by atoms with van der Waals surface area (Å²) in [5, 5.41) is 0. The molecule has 3 nitrogen and oxygen atoms in total. The van der Waals surface area contributed by atoms with Gasteiger partial charge in [0.25, 0.3) is 0 Å². The fourth-order valence-electron chi connectivity index (χ4n) is 1.29. The number of hydrogen-bond donors (Lipinski definition) is 1. The zero-order valence-electron chi connectivity index (χ0n) is 7.04. The molecule has 1 rings (SSSR count). The van der Waals surface area contributed by atoms with Crippen LogP contribution in [-0.2, 0) is 9.53 Å². The number of carbonyl (C=O) groups is 1. The lowest BCUT2D eigenvalue weighted by Crippen LogP contribution is -2.40. The first-order chi connectivity index (χ1) is 5.09. The van der Waals surface area contributed by atoms with E-state index in [-0.39, 0.29) is 24.0 Å². The highest BCUT2D eigenvalue weighted by Gasteiger charge is 2.34. The minimum Gasteiger partial charge on any atom is -0.376 e. The Hall–Kier alpha value is -0.570. The van der Waals surface area contributed by atoms with Crippen molar-refractivity contribution in [1.29, 1.82) is 0 Å². The van der Waals surface area contributed by atoms with E-state index < -0.39 is 0 Å². The van der Waals surface area contributed by atoms with Crippen molar-refractivity contribution in [3.05, 3.63) is 0 Å². The molecule has 0 unspecified atom stereocenters. The van der Waals surface area contributed by atoms with Crippen LogP contribution in [0.15, 0.2) is 0 Å². The van der Waals surface area contributed by atoms with Crippen molar-refractivity contribution in [3.8, 4) is 0 Å². The predicted octanol–water partition coefficient (Wildman–Crippen LogP) is 0.675. The average molecular weight is 157 g/mol. The molecule has 0 radical (unpaired) electrons. The molecule has 0 aliphatic heterocycles. The summed E-state index contributed by atoms with van der Waals surface area (Å²) in [6.45, 7) is 4.00. The van der Waals surface area contributed by atoms with Gasteiger partial charge in [0.1, 0.15) is 0 Å². The van der Waals surface area contributed by atoms with Crippen LogP contribution in [0.1, 0.15) is 26.7 Å². The SMILES string of the molecule is CC(C)OC1CC(C(N)=O)C1. The fraction of sp³-hybridized carbons (Fsp3) is 0.875. The maximum absolute atomic E-state index is 10.6. The van der Waals surface area contributed by atoms with Gasteiger partial charge in [0, 0.05) is 5.92 Å². The maximum atomic E-state index is 10.6. The van der Waals surface area contributed by atoms with Crippen LogP contribution in [0.4, 0.5) is 0 Å². The number of nitrogens with two attached hydrogens (primary N) is 1. The van der Waals surface area contributed by atoms with Crippen LogP contribution in [0.3, 0.4) is 0 Å². The first-order valence-corrected chi connectivity index (χ1v) is 4.04. The summed E-state index contributed by atoms with van der Waals surface area (Å²) in [6.07, 6.45) is 2.16. The monoisotopic (exact) mass is 157 g/mol. The van der Waals surface area contributed by atoms with Crippen LogP contribution in [0.2, 0.25) is 0 Å². The highest BCUT2D eigenvalue weighted by Crippen LogP contribution is 2.30. The third-order valence-electron chi connectivity index (χ3n) is 1.96. The van der Waals surface area contributed by atoms with E-state index in [0.717, 1.165) is 12.8 Å². The molecule has 0 spiro atoms. The largest absolute Gasteiger partial charge is 0.376 e. The molecular weight excluding hydrogens is 142 g/mol. The lowest BCUT2D eigenvalue weighted by Gasteiger charge is -2.34. The number of ether oxygens (including phenoxy) is 1. The molecule has 1 aliphatic rings. The van der Waals surface area contributed by atoms with Crippen molar-refractivity contribution < 1.29 is 9.53 Å². The van der Waals surface area contributed by atoms with Gasteiger partial charge in [-0.05, 0) is 26.7 Å². The zero-order valence-corrected chi connectivity index (χ0v) is 7.04. The van der Waals surface area contributed by atoms with Gasteiger partial charge in [-0.1, -0.05) is 0 Å². The number of carbonyl (C=O) groups excluding carboxylic acids is 1. The van der Waals surface area contributed by atoms with Crippen LogP contribution in [0, 0.1) is 5.92 Å². The van der Waals surface area contributed by atoms with E-state index in [4.69, 9.17) is 10.5 Å². The standard InChI is InChI=1S/C8H15NO2/c1-5(2)11-7-3-6(4-7)8(9)10/h5-7H,3-4H2,1-2H3,(H2,9,10). The van der Waals surface area contributed by atoms with E-state index in [2.05, 4.69) is 0 Å². The van der Waals surface area contributed by atoms with Crippen molar-refractivity contribution in [1.82, 2.24) is 0 Å². The number of rotatable bonds is 3. The van der Waals surface area contributed by atoms with Crippen LogP contribution >= 0.6 is 0 Å². The normalized spacial score (nSPS) is 30.1. The van der Waals surface area contributed by atoms with E-state index >= 15 is 0 Å². The molecule has 64 valence electrons. The molecule has 0 aromatic rings. The van der Waals surface area contributed by atoms with E-state index in [0.29, 0.717) is 0 Å². The molecule has 1 fully saturated rings. The molecule has 11 heavy (non-hydrogen) atoms. The smallest absolute Gasteiger partial charge is 0.220 e. The molecule has 3 heteroatoms. The molecule has 1 amide bonds. The van der Waals surface area contributed by atoms with Crippen LogP contribution < -0.4 is 5.73 Å². The quantitative estimate of drug-likeness (QED) is 0.654. The van der Waals surface area contributed by atoms with Gasteiger partial charge in [-0.2, -0.15) is 0 Å². The summed E-state index contributed by atoms with van der Waals surface area (Å²) in [5.41, 5.74) is 5.10. The third kappa shape index (κ3) is 2.19. The van der Waals surface area contributed by atoms with E-state index in [1.54, 1.807) is 0 Å². The Labute approximate surface area is 66.9 Å². The molecule has 0 atom stereocenters. The number of amides is 1. The molecule has 1 saturated carbocycles. The summed E-state index contributed by atoms with van der Waals surface area (Å²) in [5.74, 6) is -0.118. The molecule has 0 heterocycles. The summed E-state index contributed by atoms with van der Waals surface area (Å²) < 4.78 is 5.46. The topological polar surface area (TPSA) is 52.3 Å². The number of primary amides is 1. The third-order valence-corrected chi connectivity index (χ3v) is 1.96. The molecule has 2 N–H and O–H groups in total. The Morgan fingerprint density at radius 2 is 2.09 bits per heavy atom. The first-order valence-electron chi connectivity index (χ1n) is 4.04. The summed E-state index contributed by atoms with van der Waals surface area (Å²) in [4.78, 5) is 10.6. The van der Waals surface area contributed by atoms with E-state index in [1.807, 2.05) is 13.8 Å². The Morgan fingerprint density at radius 1 is 1.55 bits per heavy atom. The van der Waals surface area contributed by atoms with Gasteiger partial charge >= 0.3 is 0 Å². The second-order valence-electron chi connectivity index (χ2n) is 3.38. The van der Waals surface area contributed by atoms with Gasteiger partial charge < -0.3 is 10.5 Å². The molecule has 0 aromatic carbocycles. The molecule has 0 aromatic heterocycles. The average Bonchev–Trinajstić information content (AvgIpc) is 1.75. The Bertz CT molecular complexity index is 150. The molecule has 0 bridgehead atoms. The molecule has 0 saturated heterocycles. The van der Waals surface area contributed by atoms with Crippen molar-refractivity contribution >= 4 is 5.91 Å². The summed E-state index contributed by atoms with van der Waals surface area (Å²) >= 11 is 0. The van der Waals surface area contributed by atoms with Crippen LogP contribution in [0.25, 0.3) is 0 Å². The van der Waals surface area contributed by atoms with Gasteiger partial charge in [0.2, 0.25) is 5.91 Å². The first kappa shape index (κ1) is 8.53. The Morgan fingerprint density at radius 3 is 2.45 bits per heavy atom. The van der Waals surface area contributed by atoms with Gasteiger partial charge in [-0.3, -0.25) is 4.79 Å². The van der Waals surface area contributed by atoms with Crippen molar-refractivity contribution in [2.24, 2.45) is 11.7 Å².